The molecule has 0 unspecified atom stereocenters. The second-order valence-electron chi connectivity index (χ2n) is 7.24. The number of likely N-dealkylation sites (tertiary alicyclic amines) is 1. The lowest BCUT2D eigenvalue weighted by Gasteiger charge is -2.33. The fourth-order valence-corrected chi connectivity index (χ4v) is 3.62. The summed E-state index contributed by atoms with van der Waals surface area (Å²) in [6.45, 7) is 2.89. The maximum Gasteiger partial charge on any atom is 0.146 e. The van der Waals surface area contributed by atoms with Gasteiger partial charge in [0.1, 0.15) is 17.3 Å². The van der Waals surface area contributed by atoms with Gasteiger partial charge >= 0.3 is 0 Å². The van der Waals surface area contributed by atoms with Crippen molar-refractivity contribution in [2.75, 3.05) is 18.4 Å². The van der Waals surface area contributed by atoms with Gasteiger partial charge in [-0.3, -0.25) is 4.90 Å². The van der Waals surface area contributed by atoms with Gasteiger partial charge in [0.05, 0.1) is 5.69 Å². The molecule has 0 bridgehead atoms. The van der Waals surface area contributed by atoms with E-state index in [0.717, 1.165) is 44.0 Å². The molecule has 0 aromatic heterocycles. The van der Waals surface area contributed by atoms with Gasteiger partial charge in [-0.1, -0.05) is 42.5 Å². The van der Waals surface area contributed by atoms with Crippen LogP contribution in [0.15, 0.2) is 78.9 Å². The van der Waals surface area contributed by atoms with E-state index in [1.807, 2.05) is 48.5 Å². The summed E-state index contributed by atoms with van der Waals surface area (Å²) in [4.78, 5) is 2.45. The van der Waals surface area contributed by atoms with Crippen LogP contribution in [0.3, 0.4) is 0 Å². The number of nitrogens with one attached hydrogen (secondary N) is 1. The first-order chi connectivity index (χ1) is 13.8. The summed E-state index contributed by atoms with van der Waals surface area (Å²) in [7, 11) is 0. The Morgan fingerprint density at radius 3 is 2.36 bits per heavy atom. The molecule has 0 spiro atoms. The van der Waals surface area contributed by atoms with E-state index in [9.17, 15) is 4.39 Å². The third-order valence-corrected chi connectivity index (χ3v) is 5.10. The van der Waals surface area contributed by atoms with Crippen LogP contribution in [0.2, 0.25) is 0 Å². The lowest BCUT2D eigenvalue weighted by molar-refractivity contribution is 0.211. The normalized spacial score (nSPS) is 15.3. The highest BCUT2D eigenvalue weighted by molar-refractivity contribution is 5.45. The van der Waals surface area contributed by atoms with Crippen LogP contribution in [-0.4, -0.2) is 24.0 Å². The lowest BCUT2D eigenvalue weighted by Crippen LogP contribution is -2.38. The first-order valence-corrected chi connectivity index (χ1v) is 9.81. The zero-order valence-electron chi connectivity index (χ0n) is 15.9. The SMILES string of the molecule is Fc1ccccc1NC1CCN(Cc2cccc(Oc3ccccc3)c2)CC1. The van der Waals surface area contributed by atoms with Crippen molar-refractivity contribution in [1.29, 1.82) is 0 Å². The summed E-state index contributed by atoms with van der Waals surface area (Å²) >= 11 is 0. The second kappa shape index (κ2) is 8.89. The maximum atomic E-state index is 13.8. The van der Waals surface area contributed by atoms with E-state index in [-0.39, 0.29) is 5.82 Å². The van der Waals surface area contributed by atoms with Gasteiger partial charge in [-0.2, -0.15) is 0 Å². The number of anilines is 1. The van der Waals surface area contributed by atoms with Gasteiger partial charge < -0.3 is 10.1 Å². The van der Waals surface area contributed by atoms with Gasteiger partial charge in [0.25, 0.3) is 0 Å². The number of rotatable bonds is 6. The number of hydrogen-bond acceptors (Lipinski definition) is 3. The molecule has 4 rings (SSSR count). The van der Waals surface area contributed by atoms with E-state index < -0.39 is 0 Å². The molecule has 1 heterocycles. The van der Waals surface area contributed by atoms with E-state index >= 15 is 0 Å². The molecule has 3 aromatic rings. The molecule has 0 amide bonds. The van der Waals surface area contributed by atoms with Gasteiger partial charge in [-0.25, -0.2) is 4.39 Å². The average Bonchev–Trinajstić information content (AvgIpc) is 2.72. The molecule has 1 fully saturated rings. The first kappa shape index (κ1) is 18.5. The highest BCUT2D eigenvalue weighted by atomic mass is 19.1. The predicted molar refractivity (Wildman–Crippen MR) is 111 cm³/mol. The number of hydrogen-bond donors (Lipinski definition) is 1. The Balaban J connectivity index is 1.30. The molecule has 3 nitrogen and oxygen atoms in total. The predicted octanol–water partition coefficient (Wildman–Crippen LogP) is 5.69. The Kier molecular flexibility index (Phi) is 5.88. The standard InChI is InChI=1S/C24H25FN2O/c25-23-11-4-5-12-24(23)26-20-13-15-27(16-14-20)18-19-7-6-10-22(17-19)28-21-8-2-1-3-9-21/h1-12,17,20,26H,13-16,18H2. The van der Waals surface area contributed by atoms with E-state index in [4.69, 9.17) is 4.74 Å². The summed E-state index contributed by atoms with van der Waals surface area (Å²) in [5.41, 5.74) is 1.85. The monoisotopic (exact) mass is 376 g/mol. The molecule has 28 heavy (non-hydrogen) atoms. The van der Waals surface area contributed by atoms with E-state index in [1.165, 1.54) is 11.6 Å². The summed E-state index contributed by atoms with van der Waals surface area (Å²) in [6, 6.07) is 25.3. The largest absolute Gasteiger partial charge is 0.457 e. The molecule has 144 valence electrons. The van der Waals surface area contributed by atoms with Crippen LogP contribution in [-0.2, 0) is 6.54 Å². The summed E-state index contributed by atoms with van der Waals surface area (Å²) < 4.78 is 19.8. The van der Waals surface area contributed by atoms with Crippen LogP contribution < -0.4 is 10.1 Å². The van der Waals surface area contributed by atoms with Crippen molar-refractivity contribution >= 4 is 5.69 Å². The van der Waals surface area contributed by atoms with Gasteiger partial charge in [-0.15, -0.1) is 0 Å². The van der Waals surface area contributed by atoms with Crippen LogP contribution in [0, 0.1) is 5.82 Å². The molecular formula is C24H25FN2O. The topological polar surface area (TPSA) is 24.5 Å². The van der Waals surface area contributed by atoms with Gasteiger partial charge in [0.2, 0.25) is 0 Å². The Morgan fingerprint density at radius 2 is 1.57 bits per heavy atom. The van der Waals surface area contributed by atoms with Crippen molar-refractivity contribution in [3.63, 3.8) is 0 Å². The van der Waals surface area contributed by atoms with Crippen LogP contribution >= 0.6 is 0 Å². The van der Waals surface area contributed by atoms with Crippen molar-refractivity contribution in [2.24, 2.45) is 0 Å². The number of ether oxygens (including phenoxy) is 1. The molecule has 0 atom stereocenters. The Hall–Kier alpha value is -2.85. The third kappa shape index (κ3) is 4.90. The highest BCUT2D eigenvalue weighted by Gasteiger charge is 2.20. The number of benzene rings is 3. The molecule has 0 radical (unpaired) electrons. The Morgan fingerprint density at radius 1 is 0.857 bits per heavy atom. The van der Waals surface area contributed by atoms with E-state index in [2.05, 4.69) is 22.3 Å². The fourth-order valence-electron chi connectivity index (χ4n) is 3.62. The molecule has 0 aliphatic carbocycles. The molecule has 1 N–H and O–H groups in total. The van der Waals surface area contributed by atoms with Crippen molar-refractivity contribution in [3.8, 4) is 11.5 Å². The molecule has 4 heteroatoms. The zero-order valence-corrected chi connectivity index (χ0v) is 15.9. The van der Waals surface area contributed by atoms with Crippen LogP contribution in [0.4, 0.5) is 10.1 Å². The van der Waals surface area contributed by atoms with Crippen molar-refractivity contribution in [3.05, 3.63) is 90.2 Å². The number of nitrogens with zero attached hydrogens (tertiary/aromatic N) is 1. The maximum absolute atomic E-state index is 13.8. The van der Waals surface area contributed by atoms with Crippen LogP contribution in [0.25, 0.3) is 0 Å². The lowest BCUT2D eigenvalue weighted by atomic mass is 10.0. The first-order valence-electron chi connectivity index (χ1n) is 9.81. The van der Waals surface area contributed by atoms with E-state index in [1.54, 1.807) is 12.1 Å². The second-order valence-corrected chi connectivity index (χ2v) is 7.24. The zero-order chi connectivity index (χ0) is 19.2. The molecule has 1 aliphatic heterocycles. The van der Waals surface area contributed by atoms with Crippen LogP contribution in [0.5, 0.6) is 11.5 Å². The van der Waals surface area contributed by atoms with Crippen molar-refractivity contribution in [1.82, 2.24) is 4.90 Å². The van der Waals surface area contributed by atoms with E-state index in [0.29, 0.717) is 11.7 Å². The summed E-state index contributed by atoms with van der Waals surface area (Å²) in [6.07, 6.45) is 2.02. The average molecular weight is 376 g/mol. The smallest absolute Gasteiger partial charge is 0.146 e. The van der Waals surface area contributed by atoms with Gasteiger partial charge in [0.15, 0.2) is 0 Å². The minimum absolute atomic E-state index is 0.180. The summed E-state index contributed by atoms with van der Waals surface area (Å²) in [5, 5.41) is 3.35. The quantitative estimate of drug-likeness (QED) is 0.598. The third-order valence-electron chi connectivity index (χ3n) is 5.10. The Bertz CT molecular complexity index is 892. The molecular weight excluding hydrogens is 351 g/mol. The highest BCUT2D eigenvalue weighted by Crippen LogP contribution is 2.24. The Labute approximate surface area is 165 Å². The molecule has 1 saturated heterocycles. The summed E-state index contributed by atoms with van der Waals surface area (Å²) in [5.74, 6) is 1.53. The van der Waals surface area contributed by atoms with Crippen molar-refractivity contribution < 1.29 is 9.13 Å². The number of piperidine rings is 1. The van der Waals surface area contributed by atoms with Crippen molar-refractivity contribution in [2.45, 2.75) is 25.4 Å². The van der Waals surface area contributed by atoms with Crippen LogP contribution in [0.1, 0.15) is 18.4 Å². The molecule has 0 saturated carbocycles. The molecule has 1 aliphatic rings. The molecule has 3 aromatic carbocycles. The minimum Gasteiger partial charge on any atom is -0.457 e. The number of halogens is 1. The van der Waals surface area contributed by atoms with Gasteiger partial charge in [-0.05, 0) is 54.8 Å². The minimum atomic E-state index is -0.180. The van der Waals surface area contributed by atoms with Gasteiger partial charge in [0, 0.05) is 25.7 Å². The number of para-hydroxylation sites is 2. The fraction of sp³-hybridized carbons (Fsp3) is 0.250.